The van der Waals surface area contributed by atoms with Crippen molar-refractivity contribution in [2.45, 2.75) is 38.6 Å². The van der Waals surface area contributed by atoms with Gasteiger partial charge in [-0.2, -0.15) is 0 Å². The van der Waals surface area contributed by atoms with Crippen LogP contribution in [0.15, 0.2) is 24.3 Å². The fraction of sp³-hybridized carbons (Fsp3) is 0.600. The van der Waals surface area contributed by atoms with E-state index in [1.165, 1.54) is 36.8 Å². The highest BCUT2D eigenvalue weighted by atomic mass is 14.7. The molecule has 1 heteroatoms. The molecule has 4 unspecified atom stereocenters. The molecule has 2 fully saturated rings. The standard InChI is InChI=1S/C15H21N/c1-10-3-2-4-13(7-10)15(16)14-9-11-5-6-12(14)8-11/h2-4,7,11-12,14-15H,5-6,8-9,16H2,1H3. The van der Waals surface area contributed by atoms with Gasteiger partial charge < -0.3 is 5.73 Å². The Kier molecular flexibility index (Phi) is 2.51. The second-order valence-electron chi connectivity index (χ2n) is 5.78. The van der Waals surface area contributed by atoms with Crippen LogP contribution in [0, 0.1) is 24.7 Å². The minimum Gasteiger partial charge on any atom is -0.324 e. The van der Waals surface area contributed by atoms with E-state index >= 15 is 0 Å². The average Bonchev–Trinajstić information content (AvgIpc) is 2.89. The highest BCUT2D eigenvalue weighted by Crippen LogP contribution is 2.51. The topological polar surface area (TPSA) is 26.0 Å². The normalized spacial score (nSPS) is 34.2. The Morgan fingerprint density at radius 1 is 1.25 bits per heavy atom. The number of hydrogen-bond donors (Lipinski definition) is 1. The number of benzene rings is 1. The van der Waals surface area contributed by atoms with Gasteiger partial charge in [0.15, 0.2) is 0 Å². The third-order valence-corrected chi connectivity index (χ3v) is 4.68. The molecule has 2 aliphatic carbocycles. The first kappa shape index (κ1) is 10.3. The average molecular weight is 215 g/mol. The maximum atomic E-state index is 6.46. The lowest BCUT2D eigenvalue weighted by atomic mass is 9.81. The zero-order valence-electron chi connectivity index (χ0n) is 10.0. The summed E-state index contributed by atoms with van der Waals surface area (Å²) in [5, 5.41) is 0. The van der Waals surface area contributed by atoms with Crippen LogP contribution < -0.4 is 5.73 Å². The predicted octanol–water partition coefficient (Wildman–Crippen LogP) is 3.43. The minimum absolute atomic E-state index is 0.273. The van der Waals surface area contributed by atoms with Crippen molar-refractivity contribution in [2.75, 3.05) is 0 Å². The van der Waals surface area contributed by atoms with Crippen molar-refractivity contribution in [3.8, 4) is 0 Å². The van der Waals surface area contributed by atoms with Crippen molar-refractivity contribution in [3.05, 3.63) is 35.4 Å². The van der Waals surface area contributed by atoms with Crippen molar-refractivity contribution in [2.24, 2.45) is 23.5 Å². The van der Waals surface area contributed by atoms with Gasteiger partial charge in [-0.25, -0.2) is 0 Å². The third kappa shape index (κ3) is 1.67. The molecule has 2 N–H and O–H groups in total. The van der Waals surface area contributed by atoms with E-state index < -0.39 is 0 Å². The molecular formula is C15H21N. The molecule has 3 rings (SSSR count). The van der Waals surface area contributed by atoms with E-state index in [-0.39, 0.29) is 6.04 Å². The SMILES string of the molecule is Cc1cccc(C(N)C2CC3CCC2C3)c1. The Morgan fingerprint density at radius 2 is 2.12 bits per heavy atom. The van der Waals surface area contributed by atoms with E-state index in [9.17, 15) is 0 Å². The van der Waals surface area contributed by atoms with Crippen molar-refractivity contribution in [1.82, 2.24) is 0 Å². The van der Waals surface area contributed by atoms with E-state index in [0.29, 0.717) is 0 Å². The van der Waals surface area contributed by atoms with Crippen LogP contribution >= 0.6 is 0 Å². The van der Waals surface area contributed by atoms with Crippen LogP contribution in [0.25, 0.3) is 0 Å². The highest BCUT2D eigenvalue weighted by molar-refractivity contribution is 5.26. The molecule has 0 saturated heterocycles. The van der Waals surface area contributed by atoms with Crippen LogP contribution in [0.2, 0.25) is 0 Å². The lowest BCUT2D eigenvalue weighted by molar-refractivity contribution is 0.284. The van der Waals surface area contributed by atoms with Gasteiger partial charge in [0.25, 0.3) is 0 Å². The molecule has 1 aromatic carbocycles. The van der Waals surface area contributed by atoms with Crippen molar-refractivity contribution < 1.29 is 0 Å². The fourth-order valence-corrected chi connectivity index (χ4v) is 3.86. The summed E-state index contributed by atoms with van der Waals surface area (Å²) in [5.74, 6) is 2.66. The Morgan fingerprint density at radius 3 is 2.75 bits per heavy atom. The summed E-state index contributed by atoms with van der Waals surface area (Å²) in [6.45, 7) is 2.15. The van der Waals surface area contributed by atoms with Crippen LogP contribution in [-0.2, 0) is 0 Å². The molecule has 1 aromatic rings. The van der Waals surface area contributed by atoms with Gasteiger partial charge in [0.2, 0.25) is 0 Å². The van der Waals surface area contributed by atoms with E-state index in [1.807, 2.05) is 0 Å². The van der Waals surface area contributed by atoms with Crippen LogP contribution in [-0.4, -0.2) is 0 Å². The molecule has 4 atom stereocenters. The number of hydrogen-bond acceptors (Lipinski definition) is 1. The van der Waals surface area contributed by atoms with Crippen molar-refractivity contribution >= 4 is 0 Å². The molecule has 2 aliphatic rings. The first-order valence-corrected chi connectivity index (χ1v) is 6.56. The van der Waals surface area contributed by atoms with E-state index in [2.05, 4.69) is 31.2 Å². The second-order valence-corrected chi connectivity index (χ2v) is 5.78. The molecule has 2 saturated carbocycles. The molecule has 0 radical (unpaired) electrons. The number of aryl methyl sites for hydroxylation is 1. The maximum Gasteiger partial charge on any atom is 0.0326 e. The Hall–Kier alpha value is -0.820. The van der Waals surface area contributed by atoms with Gasteiger partial charge in [0.05, 0.1) is 0 Å². The molecule has 86 valence electrons. The van der Waals surface area contributed by atoms with E-state index in [0.717, 1.165) is 17.8 Å². The lowest BCUT2D eigenvalue weighted by Crippen LogP contribution is -2.25. The van der Waals surface area contributed by atoms with E-state index in [1.54, 1.807) is 0 Å². The van der Waals surface area contributed by atoms with Gasteiger partial charge in [-0.05, 0) is 49.5 Å². The first-order valence-electron chi connectivity index (χ1n) is 6.56. The van der Waals surface area contributed by atoms with Gasteiger partial charge in [0, 0.05) is 6.04 Å². The van der Waals surface area contributed by atoms with Crippen molar-refractivity contribution in [1.29, 1.82) is 0 Å². The Bertz CT molecular complexity index is 385. The van der Waals surface area contributed by atoms with Crippen LogP contribution in [0.5, 0.6) is 0 Å². The summed E-state index contributed by atoms with van der Waals surface area (Å²) in [4.78, 5) is 0. The minimum atomic E-state index is 0.273. The monoisotopic (exact) mass is 215 g/mol. The summed E-state index contributed by atoms with van der Waals surface area (Å²) in [6, 6.07) is 9.02. The Balaban J connectivity index is 1.80. The molecule has 0 spiro atoms. The van der Waals surface area contributed by atoms with E-state index in [4.69, 9.17) is 5.73 Å². The maximum absolute atomic E-state index is 6.46. The number of fused-ring (bicyclic) bond motifs is 2. The summed E-state index contributed by atoms with van der Waals surface area (Å²) in [6.07, 6.45) is 5.71. The quantitative estimate of drug-likeness (QED) is 0.803. The van der Waals surface area contributed by atoms with Crippen LogP contribution in [0.3, 0.4) is 0 Å². The largest absolute Gasteiger partial charge is 0.324 e. The second kappa shape index (κ2) is 3.89. The fourth-order valence-electron chi connectivity index (χ4n) is 3.86. The number of rotatable bonds is 2. The Labute approximate surface area is 98.0 Å². The predicted molar refractivity (Wildman–Crippen MR) is 67.0 cm³/mol. The zero-order chi connectivity index (χ0) is 11.1. The molecule has 1 nitrogen and oxygen atoms in total. The third-order valence-electron chi connectivity index (χ3n) is 4.68. The molecule has 0 aliphatic heterocycles. The van der Waals surface area contributed by atoms with Crippen LogP contribution in [0.1, 0.15) is 42.9 Å². The smallest absolute Gasteiger partial charge is 0.0326 e. The summed E-state index contributed by atoms with van der Waals surface area (Å²) in [7, 11) is 0. The molecule has 16 heavy (non-hydrogen) atoms. The van der Waals surface area contributed by atoms with Gasteiger partial charge in [0.1, 0.15) is 0 Å². The van der Waals surface area contributed by atoms with Crippen LogP contribution in [0.4, 0.5) is 0 Å². The van der Waals surface area contributed by atoms with Gasteiger partial charge >= 0.3 is 0 Å². The van der Waals surface area contributed by atoms with Crippen molar-refractivity contribution in [3.63, 3.8) is 0 Å². The molecule has 2 bridgehead atoms. The summed E-state index contributed by atoms with van der Waals surface area (Å²) in [5.41, 5.74) is 9.13. The van der Waals surface area contributed by atoms with Gasteiger partial charge in [-0.3, -0.25) is 0 Å². The molecule has 0 heterocycles. The number of nitrogens with two attached hydrogens (primary N) is 1. The molecule has 0 amide bonds. The summed E-state index contributed by atoms with van der Waals surface area (Å²) < 4.78 is 0. The lowest BCUT2D eigenvalue weighted by Gasteiger charge is -2.28. The molecular weight excluding hydrogens is 194 g/mol. The van der Waals surface area contributed by atoms with Gasteiger partial charge in [-0.1, -0.05) is 36.2 Å². The van der Waals surface area contributed by atoms with Gasteiger partial charge in [-0.15, -0.1) is 0 Å². The molecule has 0 aromatic heterocycles. The highest BCUT2D eigenvalue weighted by Gasteiger charge is 2.42. The first-order chi connectivity index (χ1) is 7.74. The summed E-state index contributed by atoms with van der Waals surface area (Å²) >= 11 is 0. The zero-order valence-corrected chi connectivity index (χ0v) is 10.0.